The van der Waals surface area contributed by atoms with Crippen LogP contribution >= 0.6 is 0 Å². The summed E-state index contributed by atoms with van der Waals surface area (Å²) in [5.41, 5.74) is 0.344. The molecule has 0 saturated carbocycles. The van der Waals surface area contributed by atoms with Crippen molar-refractivity contribution in [2.45, 2.75) is 26.8 Å². The number of nitrogens with one attached hydrogen (secondary N) is 1. The number of hydrogen-bond acceptors (Lipinski definition) is 4. The van der Waals surface area contributed by atoms with Crippen LogP contribution in [0, 0.1) is 17.0 Å². The maximum Gasteiger partial charge on any atom is 0.309 e. The number of carbonyl (C=O) groups excluding carboxylic acids is 1. The van der Waals surface area contributed by atoms with E-state index in [-0.39, 0.29) is 18.0 Å². The molecule has 16 heavy (non-hydrogen) atoms. The smallest absolute Gasteiger partial charge is 0.309 e. The van der Waals surface area contributed by atoms with Gasteiger partial charge in [0.2, 0.25) is 5.91 Å². The lowest BCUT2D eigenvalue weighted by Gasteiger charge is -2.01. The summed E-state index contributed by atoms with van der Waals surface area (Å²) in [6.07, 6.45) is 1.61. The molecule has 1 N–H and O–H groups in total. The molecule has 0 radical (unpaired) electrons. The zero-order chi connectivity index (χ0) is 12.1. The van der Waals surface area contributed by atoms with Gasteiger partial charge in [0.15, 0.2) is 0 Å². The van der Waals surface area contributed by atoms with Crippen LogP contribution in [-0.4, -0.2) is 27.2 Å². The summed E-state index contributed by atoms with van der Waals surface area (Å²) in [4.78, 5) is 21.2. The van der Waals surface area contributed by atoms with Crippen molar-refractivity contribution in [1.29, 1.82) is 0 Å². The maximum atomic E-state index is 11.2. The van der Waals surface area contributed by atoms with Crippen molar-refractivity contribution in [3.05, 3.63) is 22.0 Å². The molecule has 0 bridgehead atoms. The van der Waals surface area contributed by atoms with E-state index >= 15 is 0 Å². The van der Waals surface area contributed by atoms with Crippen LogP contribution in [0.3, 0.4) is 0 Å². The molecule has 0 fully saturated rings. The average molecular weight is 226 g/mol. The number of aryl methyl sites for hydroxylation is 2. The molecule has 7 heteroatoms. The van der Waals surface area contributed by atoms with E-state index < -0.39 is 4.92 Å². The molecule has 0 aliphatic rings. The lowest BCUT2D eigenvalue weighted by molar-refractivity contribution is -0.385. The number of amides is 1. The van der Waals surface area contributed by atoms with Crippen LogP contribution in [-0.2, 0) is 11.3 Å². The predicted octanol–water partition coefficient (Wildman–Crippen LogP) is 0.626. The lowest BCUT2D eigenvalue weighted by atomic mass is 10.4. The standard InChI is InChI=1S/C9H14N4O3/c1-3-10-9(14)4-5-12-6-8(13(15)16)7(2)11-12/h6H,3-5H2,1-2H3,(H,10,14). The highest BCUT2D eigenvalue weighted by Gasteiger charge is 2.15. The Morgan fingerprint density at radius 3 is 2.88 bits per heavy atom. The summed E-state index contributed by atoms with van der Waals surface area (Å²) in [5, 5.41) is 17.2. The Morgan fingerprint density at radius 2 is 2.38 bits per heavy atom. The van der Waals surface area contributed by atoms with E-state index in [1.165, 1.54) is 10.9 Å². The summed E-state index contributed by atoms with van der Waals surface area (Å²) in [6, 6.07) is 0. The zero-order valence-electron chi connectivity index (χ0n) is 9.27. The number of hydrogen-bond donors (Lipinski definition) is 1. The van der Waals surface area contributed by atoms with Gasteiger partial charge in [-0.05, 0) is 13.8 Å². The fourth-order valence-electron chi connectivity index (χ4n) is 1.30. The molecule has 1 aromatic rings. The Hall–Kier alpha value is -1.92. The van der Waals surface area contributed by atoms with E-state index in [4.69, 9.17) is 0 Å². The first-order valence-electron chi connectivity index (χ1n) is 4.99. The first kappa shape index (κ1) is 12.2. The number of nitrogens with zero attached hydrogens (tertiary/aromatic N) is 3. The Kier molecular flexibility index (Phi) is 3.98. The molecular formula is C9H14N4O3. The van der Waals surface area contributed by atoms with Gasteiger partial charge in [-0.25, -0.2) is 0 Å². The topological polar surface area (TPSA) is 90.1 Å². The summed E-state index contributed by atoms with van der Waals surface area (Å²) < 4.78 is 1.42. The van der Waals surface area contributed by atoms with E-state index in [2.05, 4.69) is 10.4 Å². The van der Waals surface area contributed by atoms with Crippen molar-refractivity contribution in [3.8, 4) is 0 Å². The average Bonchev–Trinajstić information content (AvgIpc) is 2.57. The van der Waals surface area contributed by atoms with Gasteiger partial charge in [0.25, 0.3) is 0 Å². The van der Waals surface area contributed by atoms with Crippen LogP contribution < -0.4 is 5.32 Å². The minimum absolute atomic E-state index is 0.0177. The van der Waals surface area contributed by atoms with Crippen molar-refractivity contribution < 1.29 is 9.72 Å². The van der Waals surface area contributed by atoms with Crippen LogP contribution in [0.1, 0.15) is 19.0 Å². The zero-order valence-corrected chi connectivity index (χ0v) is 9.27. The van der Waals surface area contributed by atoms with Gasteiger partial charge in [0.1, 0.15) is 11.9 Å². The minimum atomic E-state index is -0.481. The monoisotopic (exact) mass is 226 g/mol. The molecule has 0 aliphatic heterocycles. The molecule has 88 valence electrons. The van der Waals surface area contributed by atoms with Crippen LogP contribution in [0.25, 0.3) is 0 Å². The van der Waals surface area contributed by atoms with E-state index in [1.54, 1.807) is 6.92 Å². The third-order valence-electron chi connectivity index (χ3n) is 2.06. The second kappa shape index (κ2) is 5.24. The molecule has 0 atom stereocenters. The Morgan fingerprint density at radius 1 is 1.69 bits per heavy atom. The largest absolute Gasteiger partial charge is 0.356 e. The molecule has 0 unspecified atom stereocenters. The van der Waals surface area contributed by atoms with E-state index in [9.17, 15) is 14.9 Å². The Balaban J connectivity index is 2.58. The van der Waals surface area contributed by atoms with Gasteiger partial charge in [-0.3, -0.25) is 19.6 Å². The van der Waals surface area contributed by atoms with E-state index in [0.29, 0.717) is 18.8 Å². The number of nitro groups is 1. The summed E-state index contributed by atoms with van der Waals surface area (Å²) in [5.74, 6) is -0.0849. The molecule has 0 aliphatic carbocycles. The van der Waals surface area contributed by atoms with Crippen molar-refractivity contribution in [3.63, 3.8) is 0 Å². The van der Waals surface area contributed by atoms with Crippen LogP contribution in [0.2, 0.25) is 0 Å². The summed E-state index contributed by atoms with van der Waals surface area (Å²) in [6.45, 7) is 4.33. The van der Waals surface area contributed by atoms with Crippen LogP contribution in [0.5, 0.6) is 0 Å². The molecule has 1 rings (SSSR count). The Labute approximate surface area is 92.6 Å². The van der Waals surface area contributed by atoms with Crippen molar-refractivity contribution in [2.24, 2.45) is 0 Å². The second-order valence-electron chi connectivity index (χ2n) is 3.32. The molecule has 0 spiro atoms. The SMILES string of the molecule is CCNC(=O)CCn1cc([N+](=O)[O-])c(C)n1. The van der Waals surface area contributed by atoms with Crippen molar-refractivity contribution in [2.75, 3.05) is 6.54 Å². The van der Waals surface area contributed by atoms with Gasteiger partial charge in [-0.15, -0.1) is 0 Å². The maximum absolute atomic E-state index is 11.2. The van der Waals surface area contributed by atoms with Gasteiger partial charge in [-0.2, -0.15) is 5.10 Å². The third-order valence-corrected chi connectivity index (χ3v) is 2.06. The highest BCUT2D eigenvalue weighted by molar-refractivity contribution is 5.75. The number of rotatable bonds is 5. The highest BCUT2D eigenvalue weighted by atomic mass is 16.6. The number of aromatic nitrogens is 2. The molecule has 0 saturated heterocycles. The van der Waals surface area contributed by atoms with Gasteiger partial charge < -0.3 is 5.32 Å². The number of carbonyl (C=O) groups is 1. The Bertz CT molecular complexity index is 399. The van der Waals surface area contributed by atoms with Gasteiger partial charge >= 0.3 is 5.69 Å². The van der Waals surface area contributed by atoms with Crippen molar-refractivity contribution >= 4 is 11.6 Å². The van der Waals surface area contributed by atoms with E-state index in [0.717, 1.165) is 0 Å². The lowest BCUT2D eigenvalue weighted by Crippen LogP contribution is -2.23. The van der Waals surface area contributed by atoms with Gasteiger partial charge in [0, 0.05) is 19.5 Å². The minimum Gasteiger partial charge on any atom is -0.356 e. The fourth-order valence-corrected chi connectivity index (χ4v) is 1.30. The molecule has 1 aromatic heterocycles. The van der Waals surface area contributed by atoms with Crippen LogP contribution in [0.4, 0.5) is 5.69 Å². The molecular weight excluding hydrogens is 212 g/mol. The van der Waals surface area contributed by atoms with Gasteiger partial charge in [0.05, 0.1) is 4.92 Å². The second-order valence-corrected chi connectivity index (χ2v) is 3.32. The molecule has 1 amide bonds. The molecule has 7 nitrogen and oxygen atoms in total. The quantitative estimate of drug-likeness (QED) is 0.588. The summed E-state index contributed by atoms with van der Waals surface area (Å²) in [7, 11) is 0. The normalized spacial score (nSPS) is 10.1. The molecule has 0 aromatic carbocycles. The predicted molar refractivity (Wildman–Crippen MR) is 56.9 cm³/mol. The fraction of sp³-hybridized carbons (Fsp3) is 0.556. The first-order valence-corrected chi connectivity index (χ1v) is 4.99. The molecule has 1 heterocycles. The van der Waals surface area contributed by atoms with Crippen LogP contribution in [0.15, 0.2) is 6.20 Å². The first-order chi connectivity index (χ1) is 7.54. The van der Waals surface area contributed by atoms with Gasteiger partial charge in [-0.1, -0.05) is 0 Å². The summed E-state index contributed by atoms with van der Waals surface area (Å²) >= 11 is 0. The highest BCUT2D eigenvalue weighted by Crippen LogP contribution is 2.14. The van der Waals surface area contributed by atoms with Crippen molar-refractivity contribution in [1.82, 2.24) is 15.1 Å². The third kappa shape index (κ3) is 3.04. The van der Waals surface area contributed by atoms with E-state index in [1.807, 2.05) is 6.92 Å².